The Kier molecular flexibility index (Phi) is 6.11. The first-order chi connectivity index (χ1) is 15.9. The maximum atomic E-state index is 12.9. The minimum atomic E-state index is -0.913. The third-order valence-corrected chi connectivity index (χ3v) is 8.87. The van der Waals surface area contributed by atoms with Crippen LogP contribution in [0.1, 0.15) is 16.8 Å². The highest BCUT2D eigenvalue weighted by Gasteiger charge is 2.51. The largest absolute Gasteiger partial charge is 0.481 e. The molecule has 1 fully saturated rings. The van der Waals surface area contributed by atoms with Crippen LogP contribution in [0.3, 0.4) is 0 Å². The van der Waals surface area contributed by atoms with Crippen molar-refractivity contribution in [1.82, 2.24) is 4.98 Å². The maximum Gasteiger partial charge on any atom is 0.307 e. The lowest BCUT2D eigenvalue weighted by Gasteiger charge is -2.23. The second-order valence-corrected chi connectivity index (χ2v) is 11.4. The SMILES string of the molecule is O=C(CSc1nc2ccc(NC(=O)[C@H]3[C@H](C(=O)O)[C@H]4C=C[C@H]3C4)cc2s1)c1ccc(Br)cc1. The van der Waals surface area contributed by atoms with E-state index >= 15 is 0 Å². The van der Waals surface area contributed by atoms with Gasteiger partial charge in [0.25, 0.3) is 0 Å². The zero-order valence-corrected chi connectivity index (χ0v) is 20.5. The van der Waals surface area contributed by atoms with Crippen molar-refractivity contribution in [2.24, 2.45) is 23.7 Å². The molecule has 0 spiro atoms. The zero-order chi connectivity index (χ0) is 23.1. The minimum Gasteiger partial charge on any atom is -0.481 e. The van der Waals surface area contributed by atoms with Gasteiger partial charge in [0.15, 0.2) is 10.1 Å². The number of ketones is 1. The highest BCUT2D eigenvalue weighted by molar-refractivity contribution is 9.10. The number of nitrogens with zero attached hydrogens (tertiary/aromatic N) is 1. The number of nitrogens with one attached hydrogen (secondary N) is 1. The van der Waals surface area contributed by atoms with Crippen LogP contribution < -0.4 is 5.32 Å². The lowest BCUT2D eigenvalue weighted by molar-refractivity contribution is -0.146. The molecule has 1 heterocycles. The Morgan fingerprint density at radius 3 is 2.55 bits per heavy atom. The first-order valence-corrected chi connectivity index (χ1v) is 13.0. The molecule has 2 aliphatic carbocycles. The summed E-state index contributed by atoms with van der Waals surface area (Å²) in [5.41, 5.74) is 2.07. The molecule has 9 heteroatoms. The van der Waals surface area contributed by atoms with Gasteiger partial charge in [0.1, 0.15) is 0 Å². The summed E-state index contributed by atoms with van der Waals surface area (Å²) in [4.78, 5) is 41.6. The van der Waals surface area contributed by atoms with Crippen molar-refractivity contribution in [2.75, 3.05) is 11.1 Å². The molecule has 33 heavy (non-hydrogen) atoms. The Bertz CT molecular complexity index is 1290. The maximum absolute atomic E-state index is 12.9. The van der Waals surface area contributed by atoms with Crippen LogP contribution in [0.5, 0.6) is 0 Å². The van der Waals surface area contributed by atoms with Gasteiger partial charge in [-0.05, 0) is 48.6 Å². The number of carbonyl (C=O) groups excluding carboxylic acids is 2. The van der Waals surface area contributed by atoms with E-state index < -0.39 is 17.8 Å². The van der Waals surface area contributed by atoms with Crippen molar-refractivity contribution < 1.29 is 19.5 Å². The number of anilines is 1. The fourth-order valence-electron chi connectivity index (χ4n) is 4.63. The number of Topliss-reactive ketones (excluding diaryl/α,β-unsaturated/α-hetero) is 1. The number of carbonyl (C=O) groups is 3. The average Bonchev–Trinajstić information content (AvgIpc) is 3.51. The van der Waals surface area contributed by atoms with E-state index in [0.717, 1.165) is 25.4 Å². The molecule has 0 unspecified atom stereocenters. The topological polar surface area (TPSA) is 96.4 Å². The Morgan fingerprint density at radius 1 is 1.09 bits per heavy atom. The first-order valence-electron chi connectivity index (χ1n) is 10.4. The number of carboxylic acid groups (broad SMARTS) is 1. The highest BCUT2D eigenvalue weighted by atomic mass is 79.9. The summed E-state index contributed by atoms with van der Waals surface area (Å²) in [5.74, 6) is -2.14. The van der Waals surface area contributed by atoms with Gasteiger partial charge in [0.05, 0.1) is 27.8 Å². The Morgan fingerprint density at radius 2 is 1.82 bits per heavy atom. The number of rotatable bonds is 7. The van der Waals surface area contributed by atoms with E-state index in [2.05, 4.69) is 26.2 Å². The fourth-order valence-corrected chi connectivity index (χ4v) is 6.90. The molecular formula is C24H19BrN2O4S2. The van der Waals surface area contributed by atoms with E-state index in [1.54, 1.807) is 18.2 Å². The predicted molar refractivity (Wildman–Crippen MR) is 133 cm³/mol. The summed E-state index contributed by atoms with van der Waals surface area (Å²) >= 11 is 6.22. The molecule has 0 radical (unpaired) electrons. The number of amides is 1. The van der Waals surface area contributed by atoms with Gasteiger partial charge in [-0.1, -0.05) is 52.0 Å². The standard InChI is InChI=1S/C24H19BrN2O4S2/c25-15-5-3-12(4-6-15)18(28)11-32-24-27-17-8-7-16(10-19(17)33-24)26-22(29)20-13-1-2-14(9-13)21(20)23(30)31/h1-8,10,13-14,20-21H,9,11H2,(H,26,29)(H,30,31)/t13-,14-,20+,21+/m0/s1. The molecule has 1 aromatic heterocycles. The molecule has 4 atom stereocenters. The van der Waals surface area contributed by atoms with E-state index in [4.69, 9.17) is 0 Å². The van der Waals surface area contributed by atoms with E-state index in [1.165, 1.54) is 23.1 Å². The molecule has 3 aromatic rings. The second-order valence-electron chi connectivity index (χ2n) is 8.21. The van der Waals surface area contributed by atoms with E-state index in [9.17, 15) is 19.5 Å². The van der Waals surface area contributed by atoms with Gasteiger partial charge in [-0.15, -0.1) is 11.3 Å². The summed E-state index contributed by atoms with van der Waals surface area (Å²) in [6.07, 6.45) is 4.62. The third kappa shape index (κ3) is 4.49. The zero-order valence-electron chi connectivity index (χ0n) is 17.2. The van der Waals surface area contributed by atoms with Crippen LogP contribution in [0, 0.1) is 23.7 Å². The van der Waals surface area contributed by atoms with Crippen LogP contribution in [0.4, 0.5) is 5.69 Å². The normalized spacial score (nSPS) is 23.2. The molecule has 6 nitrogen and oxygen atoms in total. The summed E-state index contributed by atoms with van der Waals surface area (Å²) < 4.78 is 2.60. The highest BCUT2D eigenvalue weighted by Crippen LogP contribution is 2.48. The van der Waals surface area contributed by atoms with Crippen molar-refractivity contribution in [1.29, 1.82) is 0 Å². The van der Waals surface area contributed by atoms with Crippen LogP contribution in [0.25, 0.3) is 10.2 Å². The number of aromatic nitrogens is 1. The van der Waals surface area contributed by atoms with Gasteiger partial charge in [0.2, 0.25) is 5.91 Å². The number of benzene rings is 2. The average molecular weight is 543 g/mol. The second kappa shape index (κ2) is 9.04. The van der Waals surface area contributed by atoms with Crippen molar-refractivity contribution >= 4 is 72.6 Å². The van der Waals surface area contributed by atoms with Gasteiger partial charge >= 0.3 is 5.97 Å². The number of thioether (sulfide) groups is 1. The van der Waals surface area contributed by atoms with Crippen LogP contribution in [-0.4, -0.2) is 33.5 Å². The number of thiazole rings is 1. The van der Waals surface area contributed by atoms with Crippen LogP contribution in [-0.2, 0) is 9.59 Å². The van der Waals surface area contributed by atoms with Crippen molar-refractivity contribution in [3.05, 3.63) is 64.7 Å². The molecule has 1 amide bonds. The predicted octanol–water partition coefficient (Wildman–Crippen LogP) is 5.50. The van der Waals surface area contributed by atoms with Gasteiger partial charge in [-0.25, -0.2) is 4.98 Å². The Balaban J connectivity index is 1.26. The van der Waals surface area contributed by atoms with Gasteiger partial charge in [-0.2, -0.15) is 0 Å². The van der Waals surface area contributed by atoms with Crippen molar-refractivity contribution in [3.8, 4) is 0 Å². The fraction of sp³-hybridized carbons (Fsp3) is 0.250. The monoisotopic (exact) mass is 542 g/mol. The quantitative estimate of drug-likeness (QED) is 0.232. The van der Waals surface area contributed by atoms with Gasteiger partial charge < -0.3 is 10.4 Å². The van der Waals surface area contributed by atoms with Crippen LogP contribution >= 0.6 is 39.0 Å². The van der Waals surface area contributed by atoms with Crippen LogP contribution in [0.2, 0.25) is 0 Å². The number of halogens is 1. The number of hydrogen-bond donors (Lipinski definition) is 2. The summed E-state index contributed by atoms with van der Waals surface area (Å²) in [7, 11) is 0. The van der Waals surface area contributed by atoms with E-state index in [0.29, 0.717) is 17.0 Å². The number of fused-ring (bicyclic) bond motifs is 3. The molecule has 2 bridgehead atoms. The summed E-state index contributed by atoms with van der Waals surface area (Å²) in [5, 5.41) is 12.5. The lowest BCUT2D eigenvalue weighted by atomic mass is 9.82. The third-order valence-electron chi connectivity index (χ3n) is 6.18. The molecule has 2 aromatic carbocycles. The molecule has 1 saturated carbocycles. The number of hydrogen-bond acceptors (Lipinski definition) is 6. The molecule has 2 N–H and O–H groups in total. The molecular weight excluding hydrogens is 524 g/mol. The Hall–Kier alpha value is -2.49. The summed E-state index contributed by atoms with van der Waals surface area (Å²) in [6.45, 7) is 0. The molecule has 0 saturated heterocycles. The summed E-state index contributed by atoms with van der Waals surface area (Å²) in [6, 6.07) is 12.7. The van der Waals surface area contributed by atoms with E-state index in [-0.39, 0.29) is 23.5 Å². The first kappa shape index (κ1) is 22.3. The molecule has 5 rings (SSSR count). The van der Waals surface area contributed by atoms with Crippen molar-refractivity contribution in [3.63, 3.8) is 0 Å². The van der Waals surface area contributed by atoms with Crippen LogP contribution in [0.15, 0.2) is 63.4 Å². The molecule has 2 aliphatic rings. The lowest BCUT2D eigenvalue weighted by Crippen LogP contribution is -2.36. The van der Waals surface area contributed by atoms with Gasteiger partial charge in [0, 0.05) is 15.7 Å². The number of allylic oxidation sites excluding steroid dienone is 2. The number of carboxylic acids is 1. The molecule has 0 aliphatic heterocycles. The number of aliphatic carboxylic acids is 1. The molecule has 168 valence electrons. The smallest absolute Gasteiger partial charge is 0.307 e. The Labute approximate surface area is 206 Å². The van der Waals surface area contributed by atoms with Gasteiger partial charge in [-0.3, -0.25) is 14.4 Å². The van der Waals surface area contributed by atoms with E-state index in [1.807, 2.05) is 36.4 Å². The van der Waals surface area contributed by atoms with Crippen molar-refractivity contribution in [2.45, 2.75) is 10.8 Å². The minimum absolute atomic E-state index is 0.0190.